The third-order valence-corrected chi connectivity index (χ3v) is 6.85. The van der Waals surface area contributed by atoms with E-state index in [2.05, 4.69) is 20.7 Å². The summed E-state index contributed by atoms with van der Waals surface area (Å²) in [4.78, 5) is 11.2. The molecule has 1 heterocycles. The van der Waals surface area contributed by atoms with Crippen molar-refractivity contribution >= 4 is 60.5 Å². The first-order valence-corrected chi connectivity index (χ1v) is 8.99. The molecule has 1 aromatic heterocycles. The van der Waals surface area contributed by atoms with Crippen molar-refractivity contribution in [3.63, 3.8) is 0 Å². The Kier molecular flexibility index (Phi) is 4.62. The van der Waals surface area contributed by atoms with Gasteiger partial charge >= 0.3 is 5.97 Å². The quantitative estimate of drug-likeness (QED) is 0.799. The zero-order chi connectivity index (χ0) is 15.8. The highest BCUT2D eigenvalue weighted by Gasteiger charge is 2.21. The minimum Gasteiger partial charge on any atom is -0.478 e. The molecule has 2 rings (SSSR count). The van der Waals surface area contributed by atoms with Crippen LogP contribution in [-0.2, 0) is 10.0 Å². The Morgan fingerprint density at radius 3 is 2.57 bits per heavy atom. The van der Waals surface area contributed by atoms with Crippen LogP contribution in [-0.4, -0.2) is 19.5 Å². The first-order valence-electron chi connectivity index (χ1n) is 5.52. The molecule has 0 aliphatic rings. The van der Waals surface area contributed by atoms with Gasteiger partial charge in [0, 0.05) is 0 Å². The zero-order valence-corrected chi connectivity index (χ0v) is 14.5. The third kappa shape index (κ3) is 3.57. The van der Waals surface area contributed by atoms with Crippen LogP contribution in [0.5, 0.6) is 0 Å². The lowest BCUT2D eigenvalue weighted by atomic mass is 10.1. The molecule has 0 aliphatic carbocycles. The van der Waals surface area contributed by atoms with Crippen LogP contribution in [0.2, 0.25) is 5.02 Å². The summed E-state index contributed by atoms with van der Waals surface area (Å²) >= 11 is 9.90. The van der Waals surface area contributed by atoms with Gasteiger partial charge in [0.05, 0.1) is 20.1 Å². The Labute approximate surface area is 138 Å². The van der Waals surface area contributed by atoms with Crippen molar-refractivity contribution in [2.45, 2.75) is 11.1 Å². The number of carbonyl (C=O) groups is 1. The molecule has 0 fully saturated rings. The topological polar surface area (TPSA) is 83.5 Å². The number of anilines is 1. The Morgan fingerprint density at radius 1 is 1.38 bits per heavy atom. The third-order valence-electron chi connectivity index (χ3n) is 2.54. The van der Waals surface area contributed by atoms with Crippen molar-refractivity contribution in [1.82, 2.24) is 0 Å². The van der Waals surface area contributed by atoms with E-state index < -0.39 is 16.0 Å². The molecule has 0 saturated heterocycles. The highest BCUT2D eigenvalue weighted by atomic mass is 79.9. The summed E-state index contributed by atoms with van der Waals surface area (Å²) in [5, 5.41) is 9.43. The van der Waals surface area contributed by atoms with E-state index in [0.29, 0.717) is 3.79 Å². The second kappa shape index (κ2) is 5.96. The van der Waals surface area contributed by atoms with Crippen molar-refractivity contribution < 1.29 is 18.3 Å². The van der Waals surface area contributed by atoms with Crippen LogP contribution < -0.4 is 4.72 Å². The van der Waals surface area contributed by atoms with Crippen molar-refractivity contribution in [3.8, 4) is 0 Å². The number of rotatable bonds is 4. The van der Waals surface area contributed by atoms with E-state index in [9.17, 15) is 13.2 Å². The fourth-order valence-electron chi connectivity index (χ4n) is 1.58. The summed E-state index contributed by atoms with van der Waals surface area (Å²) < 4.78 is 27.3. The van der Waals surface area contributed by atoms with Gasteiger partial charge < -0.3 is 5.11 Å². The number of nitrogens with one attached hydrogen (secondary N) is 1. The number of sulfonamides is 1. The summed E-state index contributed by atoms with van der Waals surface area (Å²) in [6.07, 6.45) is 0. The van der Waals surface area contributed by atoms with Crippen LogP contribution in [0.4, 0.5) is 5.69 Å². The molecule has 0 unspecified atom stereocenters. The highest BCUT2D eigenvalue weighted by Crippen LogP contribution is 2.35. The first kappa shape index (κ1) is 16.3. The van der Waals surface area contributed by atoms with E-state index in [0.717, 1.165) is 16.9 Å². The molecule has 0 bridgehead atoms. The van der Waals surface area contributed by atoms with E-state index in [-0.39, 0.29) is 20.5 Å². The van der Waals surface area contributed by atoms with Crippen LogP contribution in [0.25, 0.3) is 0 Å². The van der Waals surface area contributed by atoms with Crippen molar-refractivity contribution in [1.29, 1.82) is 0 Å². The van der Waals surface area contributed by atoms with Gasteiger partial charge in [-0.25, -0.2) is 13.2 Å². The van der Waals surface area contributed by atoms with Crippen LogP contribution in [0, 0.1) is 6.92 Å². The van der Waals surface area contributed by atoms with Gasteiger partial charge in [0.2, 0.25) is 0 Å². The molecule has 0 atom stereocenters. The van der Waals surface area contributed by atoms with Gasteiger partial charge in [-0.3, -0.25) is 4.72 Å². The van der Waals surface area contributed by atoms with Gasteiger partial charge in [-0.15, -0.1) is 11.3 Å². The molecular formula is C12H9BrClNO4S2. The SMILES string of the molecule is Cc1ccc(NS(=O)(=O)c2cc(Cl)c(Br)s2)c(C(=O)O)c1. The Hall–Kier alpha value is -1.09. The maximum Gasteiger partial charge on any atom is 0.337 e. The number of aromatic carboxylic acids is 1. The molecule has 0 saturated carbocycles. The number of hydrogen-bond donors (Lipinski definition) is 2. The fourth-order valence-corrected chi connectivity index (χ4v) is 5.06. The lowest BCUT2D eigenvalue weighted by molar-refractivity contribution is 0.0698. The van der Waals surface area contributed by atoms with Gasteiger partial charge in [0.1, 0.15) is 4.21 Å². The molecule has 0 aliphatic heterocycles. The van der Waals surface area contributed by atoms with E-state index in [1.165, 1.54) is 18.2 Å². The van der Waals surface area contributed by atoms with Gasteiger partial charge in [0.15, 0.2) is 0 Å². The zero-order valence-electron chi connectivity index (χ0n) is 10.6. The summed E-state index contributed by atoms with van der Waals surface area (Å²) in [7, 11) is -3.89. The molecule has 9 heteroatoms. The average molecular weight is 411 g/mol. The lowest BCUT2D eigenvalue weighted by Crippen LogP contribution is -2.14. The first-order chi connectivity index (χ1) is 9.70. The number of aryl methyl sites for hydroxylation is 1. The molecule has 0 radical (unpaired) electrons. The van der Waals surface area contributed by atoms with Crippen molar-refractivity contribution in [3.05, 3.63) is 44.2 Å². The summed E-state index contributed by atoms with van der Waals surface area (Å²) in [5.41, 5.74) is 0.617. The van der Waals surface area contributed by atoms with Gasteiger partial charge in [-0.1, -0.05) is 23.2 Å². The molecule has 1 aromatic carbocycles. The highest BCUT2D eigenvalue weighted by molar-refractivity contribution is 9.11. The second-order valence-electron chi connectivity index (χ2n) is 4.15. The number of carboxylic acids is 1. The normalized spacial score (nSPS) is 11.4. The van der Waals surface area contributed by atoms with Crippen molar-refractivity contribution in [2.24, 2.45) is 0 Å². The molecule has 112 valence electrons. The largest absolute Gasteiger partial charge is 0.478 e. The second-order valence-corrected chi connectivity index (χ2v) is 8.83. The number of benzene rings is 1. The minimum atomic E-state index is -3.89. The number of halogens is 2. The predicted octanol–water partition coefficient (Wildman–Crippen LogP) is 3.97. The van der Waals surface area contributed by atoms with E-state index in [1.807, 2.05) is 0 Å². The number of carboxylic acid groups (broad SMARTS) is 1. The molecule has 2 aromatic rings. The number of thiophene rings is 1. The van der Waals surface area contributed by atoms with Crippen LogP contribution in [0.1, 0.15) is 15.9 Å². The molecule has 0 amide bonds. The number of hydrogen-bond acceptors (Lipinski definition) is 4. The monoisotopic (exact) mass is 409 g/mol. The minimum absolute atomic E-state index is 0.00344. The Balaban J connectivity index is 2.44. The Morgan fingerprint density at radius 2 is 2.05 bits per heavy atom. The fraction of sp³-hybridized carbons (Fsp3) is 0.0833. The van der Waals surface area contributed by atoms with E-state index in [4.69, 9.17) is 16.7 Å². The Bertz CT molecular complexity index is 797. The molecular weight excluding hydrogens is 402 g/mol. The average Bonchev–Trinajstić information content (AvgIpc) is 2.72. The van der Waals surface area contributed by atoms with Crippen LogP contribution in [0.15, 0.2) is 32.3 Å². The lowest BCUT2D eigenvalue weighted by Gasteiger charge is -2.10. The molecule has 21 heavy (non-hydrogen) atoms. The maximum atomic E-state index is 12.3. The van der Waals surface area contributed by atoms with Crippen molar-refractivity contribution in [2.75, 3.05) is 4.72 Å². The van der Waals surface area contributed by atoms with Crippen LogP contribution in [0.3, 0.4) is 0 Å². The predicted molar refractivity (Wildman–Crippen MR) is 86.0 cm³/mol. The molecule has 0 spiro atoms. The summed E-state index contributed by atoms with van der Waals surface area (Å²) in [5.74, 6) is -1.21. The van der Waals surface area contributed by atoms with E-state index in [1.54, 1.807) is 13.0 Å². The molecule has 2 N–H and O–H groups in total. The van der Waals surface area contributed by atoms with Gasteiger partial charge in [-0.2, -0.15) is 0 Å². The summed E-state index contributed by atoms with van der Waals surface area (Å²) in [6, 6.07) is 5.74. The molecule has 5 nitrogen and oxygen atoms in total. The van der Waals surface area contributed by atoms with E-state index >= 15 is 0 Å². The van der Waals surface area contributed by atoms with Gasteiger partial charge in [-0.05, 0) is 41.1 Å². The van der Waals surface area contributed by atoms with Crippen LogP contribution >= 0.6 is 38.9 Å². The van der Waals surface area contributed by atoms with Gasteiger partial charge in [0.25, 0.3) is 10.0 Å². The maximum absolute atomic E-state index is 12.3. The smallest absolute Gasteiger partial charge is 0.337 e. The summed E-state index contributed by atoms with van der Waals surface area (Å²) in [6.45, 7) is 1.72. The standard InChI is InChI=1S/C12H9BrClNO4S2/c1-6-2-3-9(7(4-6)12(16)17)15-21(18,19)10-5-8(14)11(13)20-10/h2-5,15H,1H3,(H,16,17).